The average Bonchev–Trinajstić information content (AvgIpc) is 2.71. The van der Waals surface area contributed by atoms with Crippen LogP contribution in [0.4, 0.5) is 11.4 Å². The van der Waals surface area contributed by atoms with E-state index in [4.69, 9.17) is 0 Å². The van der Waals surface area contributed by atoms with Crippen molar-refractivity contribution in [1.82, 2.24) is 9.78 Å². The second kappa shape index (κ2) is 8.97. The number of hydrogen-bond donors (Lipinski definition) is 2. The number of aromatic nitrogens is 2. The number of carbonyl (C=O) groups excluding carboxylic acids is 2. The summed E-state index contributed by atoms with van der Waals surface area (Å²) >= 11 is 0. The lowest BCUT2D eigenvalue weighted by molar-refractivity contribution is -0.117. The van der Waals surface area contributed by atoms with E-state index >= 15 is 0 Å². The molecule has 7 nitrogen and oxygen atoms in total. The summed E-state index contributed by atoms with van der Waals surface area (Å²) in [5, 5.41) is 9.59. The van der Waals surface area contributed by atoms with E-state index in [0.29, 0.717) is 11.4 Å². The van der Waals surface area contributed by atoms with Crippen molar-refractivity contribution < 1.29 is 9.59 Å². The van der Waals surface area contributed by atoms with E-state index in [1.807, 2.05) is 30.3 Å². The minimum absolute atomic E-state index is 0.0783. The predicted molar refractivity (Wildman–Crippen MR) is 113 cm³/mol. The Bertz CT molecular complexity index is 1070. The second-order valence-corrected chi connectivity index (χ2v) is 6.55. The number of aryl methyl sites for hydroxylation is 1. The molecule has 148 valence electrons. The van der Waals surface area contributed by atoms with Crippen LogP contribution in [0.25, 0.3) is 11.3 Å². The van der Waals surface area contributed by atoms with Crippen molar-refractivity contribution in [2.75, 3.05) is 10.6 Å². The van der Waals surface area contributed by atoms with Crippen molar-refractivity contribution in [3.8, 4) is 11.3 Å². The van der Waals surface area contributed by atoms with Gasteiger partial charge in [-0.1, -0.05) is 49.4 Å². The van der Waals surface area contributed by atoms with E-state index in [-0.39, 0.29) is 18.1 Å². The molecule has 0 aliphatic rings. The lowest BCUT2D eigenvalue weighted by Gasteiger charge is -2.12. The quantitative estimate of drug-likeness (QED) is 0.676. The van der Waals surface area contributed by atoms with Crippen LogP contribution in [0.1, 0.15) is 19.4 Å². The van der Waals surface area contributed by atoms with Crippen LogP contribution >= 0.6 is 0 Å². The molecule has 29 heavy (non-hydrogen) atoms. The Morgan fingerprint density at radius 1 is 1.00 bits per heavy atom. The van der Waals surface area contributed by atoms with Crippen molar-refractivity contribution in [2.24, 2.45) is 0 Å². The molecule has 0 bridgehead atoms. The molecule has 3 aromatic rings. The highest BCUT2D eigenvalue weighted by atomic mass is 16.2. The van der Waals surface area contributed by atoms with Gasteiger partial charge in [0.05, 0.1) is 5.69 Å². The van der Waals surface area contributed by atoms with Gasteiger partial charge in [-0.2, -0.15) is 5.10 Å². The third-order valence-corrected chi connectivity index (χ3v) is 4.29. The number of nitrogens with zero attached hydrogens (tertiary/aromatic N) is 2. The molecule has 0 saturated heterocycles. The molecule has 3 rings (SSSR count). The first-order chi connectivity index (χ1) is 14.0. The highest BCUT2D eigenvalue weighted by Crippen LogP contribution is 2.19. The first-order valence-electron chi connectivity index (χ1n) is 9.30. The molecule has 2 N–H and O–H groups in total. The van der Waals surface area contributed by atoms with Gasteiger partial charge < -0.3 is 10.6 Å². The number of anilines is 2. The Hall–Kier alpha value is -3.74. The maximum Gasteiger partial charge on any atom is 0.291 e. The van der Waals surface area contributed by atoms with E-state index in [1.165, 1.54) is 18.6 Å². The van der Waals surface area contributed by atoms with Gasteiger partial charge in [0.15, 0.2) is 0 Å². The zero-order chi connectivity index (χ0) is 20.8. The van der Waals surface area contributed by atoms with Crippen molar-refractivity contribution in [1.29, 1.82) is 0 Å². The van der Waals surface area contributed by atoms with Crippen LogP contribution in [-0.4, -0.2) is 21.6 Å². The van der Waals surface area contributed by atoms with Gasteiger partial charge in [0.2, 0.25) is 11.8 Å². The van der Waals surface area contributed by atoms with Crippen LogP contribution in [0.3, 0.4) is 0 Å². The van der Waals surface area contributed by atoms with Gasteiger partial charge in [-0.3, -0.25) is 14.4 Å². The van der Waals surface area contributed by atoms with Gasteiger partial charge in [-0.25, -0.2) is 4.68 Å². The van der Waals surface area contributed by atoms with Gasteiger partial charge in [0, 0.05) is 18.2 Å². The number of carbonyl (C=O) groups is 2. The maximum absolute atomic E-state index is 12.7. The SMILES string of the molecule is CCc1ccc(-c2cc(NC(C)=O)c(=O)n(CC(=O)Nc3ccccc3)n2)cc1. The molecule has 0 aliphatic carbocycles. The summed E-state index contributed by atoms with van der Waals surface area (Å²) in [6, 6.07) is 18.2. The smallest absolute Gasteiger partial charge is 0.291 e. The molecular weight excluding hydrogens is 368 g/mol. The average molecular weight is 390 g/mol. The Morgan fingerprint density at radius 2 is 1.69 bits per heavy atom. The van der Waals surface area contributed by atoms with Crippen molar-refractivity contribution in [2.45, 2.75) is 26.8 Å². The summed E-state index contributed by atoms with van der Waals surface area (Å²) in [5.41, 5.74) is 2.60. The Balaban J connectivity index is 1.94. The largest absolute Gasteiger partial charge is 0.324 e. The Kier molecular flexibility index (Phi) is 6.19. The number of amides is 2. The molecule has 0 atom stereocenters. The predicted octanol–water partition coefficient (Wildman–Crippen LogP) is 3.07. The molecule has 0 radical (unpaired) electrons. The third kappa shape index (κ3) is 5.16. The summed E-state index contributed by atoms with van der Waals surface area (Å²) in [4.78, 5) is 36.6. The highest BCUT2D eigenvalue weighted by molar-refractivity contribution is 5.91. The Morgan fingerprint density at radius 3 is 2.31 bits per heavy atom. The van der Waals surface area contributed by atoms with Gasteiger partial charge >= 0.3 is 0 Å². The van der Waals surface area contributed by atoms with Gasteiger partial charge in [-0.15, -0.1) is 0 Å². The lowest BCUT2D eigenvalue weighted by atomic mass is 10.1. The number of hydrogen-bond acceptors (Lipinski definition) is 4. The summed E-state index contributed by atoms with van der Waals surface area (Å²) in [5.74, 6) is -0.765. The number of nitrogens with one attached hydrogen (secondary N) is 2. The van der Waals surface area contributed by atoms with Gasteiger partial charge in [-0.05, 0) is 30.2 Å². The first kappa shape index (κ1) is 20.0. The van der Waals surface area contributed by atoms with Gasteiger partial charge in [0.1, 0.15) is 12.2 Å². The van der Waals surface area contributed by atoms with Crippen LogP contribution < -0.4 is 16.2 Å². The fraction of sp³-hybridized carbons (Fsp3) is 0.182. The third-order valence-electron chi connectivity index (χ3n) is 4.29. The summed E-state index contributed by atoms with van der Waals surface area (Å²) in [6.07, 6.45) is 0.907. The molecule has 0 spiro atoms. The molecule has 0 saturated carbocycles. The highest BCUT2D eigenvalue weighted by Gasteiger charge is 2.14. The fourth-order valence-electron chi connectivity index (χ4n) is 2.84. The van der Waals surface area contributed by atoms with Crippen LogP contribution in [0, 0.1) is 0 Å². The van der Waals surface area contributed by atoms with E-state index in [1.54, 1.807) is 24.3 Å². The van der Waals surface area contributed by atoms with E-state index < -0.39 is 11.5 Å². The van der Waals surface area contributed by atoms with E-state index in [9.17, 15) is 14.4 Å². The second-order valence-electron chi connectivity index (χ2n) is 6.55. The maximum atomic E-state index is 12.7. The van der Waals surface area contributed by atoms with Gasteiger partial charge in [0.25, 0.3) is 5.56 Å². The topological polar surface area (TPSA) is 93.1 Å². The molecule has 0 fully saturated rings. The van der Waals surface area contributed by atoms with E-state index in [2.05, 4.69) is 22.7 Å². The molecule has 1 aromatic heterocycles. The fourth-order valence-corrected chi connectivity index (χ4v) is 2.84. The number of para-hydroxylation sites is 1. The normalized spacial score (nSPS) is 10.4. The van der Waals surface area contributed by atoms with Crippen molar-refractivity contribution in [3.63, 3.8) is 0 Å². The molecule has 1 heterocycles. The molecule has 2 aromatic carbocycles. The molecule has 0 unspecified atom stereocenters. The standard InChI is InChI=1S/C22H22N4O3/c1-3-16-9-11-17(12-10-16)19-13-20(23-15(2)27)22(29)26(25-19)14-21(28)24-18-7-5-4-6-8-18/h4-13H,3,14H2,1-2H3,(H,23,27)(H,24,28). The summed E-state index contributed by atoms with van der Waals surface area (Å²) < 4.78 is 1.06. The lowest BCUT2D eigenvalue weighted by Crippen LogP contribution is -2.32. The minimum Gasteiger partial charge on any atom is -0.324 e. The van der Waals surface area contributed by atoms with Crippen LogP contribution in [0.2, 0.25) is 0 Å². The number of rotatable bonds is 6. The zero-order valence-electron chi connectivity index (χ0n) is 16.3. The van der Waals surface area contributed by atoms with E-state index in [0.717, 1.165) is 16.7 Å². The first-order valence-corrected chi connectivity index (χ1v) is 9.30. The van der Waals surface area contributed by atoms with Crippen molar-refractivity contribution >= 4 is 23.2 Å². The van der Waals surface area contributed by atoms with Crippen LogP contribution in [0.5, 0.6) is 0 Å². The Labute approximate surface area is 168 Å². The molecule has 0 aliphatic heterocycles. The monoisotopic (exact) mass is 390 g/mol. The zero-order valence-corrected chi connectivity index (χ0v) is 16.3. The summed E-state index contributed by atoms with van der Waals surface area (Å²) in [7, 11) is 0. The van der Waals surface area contributed by atoms with Crippen LogP contribution in [0.15, 0.2) is 65.5 Å². The molecule has 2 amide bonds. The minimum atomic E-state index is -0.544. The van der Waals surface area contributed by atoms with Crippen molar-refractivity contribution in [3.05, 3.63) is 76.6 Å². The molecule has 7 heteroatoms. The van der Waals surface area contributed by atoms with Crippen LogP contribution in [-0.2, 0) is 22.6 Å². The molecular formula is C22H22N4O3. The summed E-state index contributed by atoms with van der Waals surface area (Å²) in [6.45, 7) is 3.11. The number of benzene rings is 2.